The topological polar surface area (TPSA) is 55.5 Å². The van der Waals surface area contributed by atoms with E-state index < -0.39 is 35.5 Å². The largest absolute Gasteiger partial charge is 0.494 e. The second-order valence-corrected chi connectivity index (χ2v) is 3.41. The van der Waals surface area contributed by atoms with E-state index in [2.05, 4.69) is 4.74 Å². The van der Waals surface area contributed by atoms with E-state index in [1.807, 2.05) is 0 Å². The molecule has 3 N–H and O–H groups in total. The molecule has 0 radical (unpaired) electrons. The van der Waals surface area contributed by atoms with Gasteiger partial charge in [-0.2, -0.15) is 13.2 Å². The third kappa shape index (κ3) is 2.34. The zero-order valence-electron chi connectivity index (χ0n) is 8.88. The van der Waals surface area contributed by atoms with E-state index in [0.717, 1.165) is 25.3 Å². The van der Waals surface area contributed by atoms with Crippen LogP contribution in [0.4, 0.5) is 17.6 Å². The molecule has 7 heteroatoms. The Hall–Kier alpha value is -1.34. The first-order valence-electron chi connectivity index (χ1n) is 4.59. The van der Waals surface area contributed by atoms with Crippen LogP contribution >= 0.6 is 0 Å². The predicted octanol–water partition coefficient (Wildman–Crippen LogP) is 1.54. The summed E-state index contributed by atoms with van der Waals surface area (Å²) in [5.74, 6) is -1.21. The van der Waals surface area contributed by atoms with Crippen molar-refractivity contribution >= 4 is 0 Å². The molecular formula is C10H11F4NO2. The summed E-state index contributed by atoms with van der Waals surface area (Å²) in [6.45, 7) is -1.06. The summed E-state index contributed by atoms with van der Waals surface area (Å²) in [6.07, 6.45) is -4.95. The average molecular weight is 253 g/mol. The van der Waals surface area contributed by atoms with Crippen LogP contribution in [0.1, 0.15) is 5.56 Å². The maximum absolute atomic E-state index is 13.0. The lowest BCUT2D eigenvalue weighted by Crippen LogP contribution is -2.48. The molecule has 0 aromatic heterocycles. The number of hydrogen-bond donors (Lipinski definition) is 2. The number of methoxy groups -OCH3 is 1. The molecule has 0 fully saturated rings. The van der Waals surface area contributed by atoms with Crippen LogP contribution in [-0.4, -0.2) is 24.9 Å². The van der Waals surface area contributed by atoms with Crippen LogP contribution in [0.15, 0.2) is 18.2 Å². The number of alkyl halides is 3. The van der Waals surface area contributed by atoms with Crippen molar-refractivity contribution in [2.75, 3.05) is 13.7 Å². The number of ether oxygens (including phenoxy) is 1. The Morgan fingerprint density at radius 1 is 1.35 bits per heavy atom. The zero-order valence-corrected chi connectivity index (χ0v) is 8.88. The van der Waals surface area contributed by atoms with Crippen LogP contribution in [0.25, 0.3) is 0 Å². The van der Waals surface area contributed by atoms with Gasteiger partial charge in [-0.15, -0.1) is 0 Å². The summed E-state index contributed by atoms with van der Waals surface area (Å²) in [4.78, 5) is 0. The molecule has 1 atom stereocenters. The highest BCUT2D eigenvalue weighted by molar-refractivity contribution is 5.35. The highest BCUT2D eigenvalue weighted by atomic mass is 19.4. The molecule has 1 aromatic rings. The molecule has 1 unspecified atom stereocenters. The van der Waals surface area contributed by atoms with Crippen molar-refractivity contribution in [3.8, 4) is 5.75 Å². The number of nitrogens with two attached hydrogens (primary N) is 1. The lowest BCUT2D eigenvalue weighted by Gasteiger charge is -2.29. The maximum atomic E-state index is 13.0. The Labute approximate surface area is 94.8 Å². The molecule has 0 aliphatic rings. The minimum Gasteiger partial charge on any atom is -0.494 e. The average Bonchev–Trinajstić information content (AvgIpc) is 2.27. The molecule has 96 valence electrons. The van der Waals surface area contributed by atoms with Gasteiger partial charge in [0.1, 0.15) is 0 Å². The minimum absolute atomic E-state index is 0.390. The van der Waals surface area contributed by atoms with E-state index in [4.69, 9.17) is 5.73 Å². The van der Waals surface area contributed by atoms with Gasteiger partial charge in [0.2, 0.25) is 0 Å². The highest BCUT2D eigenvalue weighted by Crippen LogP contribution is 2.39. The van der Waals surface area contributed by atoms with E-state index in [1.165, 1.54) is 0 Å². The molecule has 0 saturated heterocycles. The fourth-order valence-electron chi connectivity index (χ4n) is 1.31. The number of aliphatic hydroxyl groups is 1. The fraction of sp³-hybridized carbons (Fsp3) is 0.400. The van der Waals surface area contributed by atoms with Gasteiger partial charge >= 0.3 is 6.18 Å². The maximum Gasteiger partial charge on any atom is 0.422 e. The summed E-state index contributed by atoms with van der Waals surface area (Å²) in [5, 5.41) is 9.51. The Morgan fingerprint density at radius 3 is 2.35 bits per heavy atom. The molecule has 0 heterocycles. The highest BCUT2D eigenvalue weighted by Gasteiger charge is 2.54. The van der Waals surface area contributed by atoms with Crippen molar-refractivity contribution in [1.82, 2.24) is 0 Å². The first kappa shape index (κ1) is 13.7. The Kier molecular flexibility index (Phi) is 3.63. The van der Waals surface area contributed by atoms with Gasteiger partial charge < -0.3 is 15.6 Å². The van der Waals surface area contributed by atoms with Crippen LogP contribution in [0, 0.1) is 5.82 Å². The first-order chi connectivity index (χ1) is 7.76. The smallest absolute Gasteiger partial charge is 0.422 e. The van der Waals surface area contributed by atoms with Gasteiger partial charge in [0.15, 0.2) is 17.2 Å². The van der Waals surface area contributed by atoms with E-state index >= 15 is 0 Å². The molecule has 0 aliphatic carbocycles. The van der Waals surface area contributed by atoms with Gasteiger partial charge in [-0.05, 0) is 17.7 Å². The van der Waals surface area contributed by atoms with E-state index in [1.54, 1.807) is 0 Å². The van der Waals surface area contributed by atoms with Crippen molar-refractivity contribution in [1.29, 1.82) is 0 Å². The summed E-state index contributed by atoms with van der Waals surface area (Å²) in [5.41, 5.74) is 1.17. The second-order valence-electron chi connectivity index (χ2n) is 3.41. The predicted molar refractivity (Wildman–Crippen MR) is 52.0 cm³/mol. The van der Waals surface area contributed by atoms with Crippen LogP contribution in [0.5, 0.6) is 5.75 Å². The van der Waals surface area contributed by atoms with Crippen LogP contribution < -0.4 is 10.5 Å². The van der Waals surface area contributed by atoms with Crippen molar-refractivity contribution in [2.45, 2.75) is 11.8 Å². The molecule has 0 saturated carbocycles. The molecular weight excluding hydrogens is 242 g/mol. The third-order valence-corrected chi connectivity index (χ3v) is 2.39. The zero-order chi connectivity index (χ0) is 13.3. The molecule has 0 amide bonds. The molecule has 0 bridgehead atoms. The quantitative estimate of drug-likeness (QED) is 0.803. The van der Waals surface area contributed by atoms with Crippen LogP contribution in [-0.2, 0) is 5.60 Å². The summed E-state index contributed by atoms with van der Waals surface area (Å²) >= 11 is 0. The van der Waals surface area contributed by atoms with Crippen LogP contribution in [0.3, 0.4) is 0 Å². The van der Waals surface area contributed by atoms with Gasteiger partial charge in [-0.3, -0.25) is 0 Å². The van der Waals surface area contributed by atoms with E-state index in [-0.39, 0.29) is 0 Å². The molecule has 1 aromatic carbocycles. The summed E-state index contributed by atoms with van der Waals surface area (Å²) in [7, 11) is 1.11. The third-order valence-electron chi connectivity index (χ3n) is 2.39. The lowest BCUT2D eigenvalue weighted by atomic mass is 9.93. The second kappa shape index (κ2) is 4.50. The fourth-order valence-corrected chi connectivity index (χ4v) is 1.31. The van der Waals surface area contributed by atoms with Crippen LogP contribution in [0.2, 0.25) is 0 Å². The molecule has 0 spiro atoms. The van der Waals surface area contributed by atoms with E-state index in [9.17, 15) is 22.7 Å². The van der Waals surface area contributed by atoms with Gasteiger partial charge in [0, 0.05) is 6.54 Å². The van der Waals surface area contributed by atoms with Gasteiger partial charge in [0.25, 0.3) is 0 Å². The van der Waals surface area contributed by atoms with Gasteiger partial charge in [-0.1, -0.05) is 6.07 Å². The van der Waals surface area contributed by atoms with Gasteiger partial charge in [0.05, 0.1) is 7.11 Å². The van der Waals surface area contributed by atoms with Crippen molar-refractivity contribution in [3.05, 3.63) is 29.6 Å². The Balaban J connectivity index is 3.31. The Bertz CT molecular complexity index is 408. The normalized spacial score (nSPS) is 15.5. The summed E-state index contributed by atoms with van der Waals surface area (Å²) in [6, 6.07) is 2.37. The lowest BCUT2D eigenvalue weighted by molar-refractivity contribution is -0.262. The van der Waals surface area contributed by atoms with Crippen molar-refractivity contribution < 1.29 is 27.4 Å². The van der Waals surface area contributed by atoms with Crippen molar-refractivity contribution in [2.24, 2.45) is 5.73 Å². The SMILES string of the molecule is COc1cc(C(O)(CN)C(F)(F)F)ccc1F. The monoisotopic (exact) mass is 253 g/mol. The van der Waals surface area contributed by atoms with Gasteiger partial charge in [-0.25, -0.2) is 4.39 Å². The van der Waals surface area contributed by atoms with Crippen molar-refractivity contribution in [3.63, 3.8) is 0 Å². The summed E-state index contributed by atoms with van der Waals surface area (Å²) < 4.78 is 55.6. The van der Waals surface area contributed by atoms with E-state index in [0.29, 0.717) is 0 Å². The first-order valence-corrected chi connectivity index (χ1v) is 4.59. The number of halogens is 4. The standard InChI is InChI=1S/C10H11F4NO2/c1-17-8-4-6(2-3-7(8)11)9(16,5-15)10(12,13)14/h2-4,16H,5,15H2,1H3. The molecule has 3 nitrogen and oxygen atoms in total. The molecule has 17 heavy (non-hydrogen) atoms. The number of benzene rings is 1. The minimum atomic E-state index is -4.95. The molecule has 1 rings (SSSR count). The molecule has 0 aliphatic heterocycles. The number of rotatable bonds is 3. The Morgan fingerprint density at radius 2 is 1.94 bits per heavy atom. The number of hydrogen-bond acceptors (Lipinski definition) is 3.